The molecular formula is C4H10MgO4. The summed E-state index contributed by atoms with van der Waals surface area (Å²) in [4.78, 5) is 9.57. The maximum Gasteiger partial charge on any atom is 0.505 e. The van der Waals surface area contributed by atoms with Crippen molar-refractivity contribution in [3.8, 4) is 0 Å². The molecule has 0 spiro atoms. The molecule has 9 heavy (non-hydrogen) atoms. The number of aliphatic hydroxyl groups excluding tert-OH is 1. The van der Waals surface area contributed by atoms with Gasteiger partial charge in [0.1, 0.15) is 0 Å². The van der Waals surface area contributed by atoms with Crippen LogP contribution in [-0.4, -0.2) is 52.6 Å². The lowest BCUT2D eigenvalue weighted by Crippen LogP contribution is -2.02. The Morgan fingerprint density at radius 1 is 1.56 bits per heavy atom. The molecule has 0 unspecified atom stereocenters. The molecule has 52 valence electrons. The zero-order valence-electron chi connectivity index (χ0n) is 4.33. The molecule has 0 rings (SSSR count). The van der Waals surface area contributed by atoms with Gasteiger partial charge in [-0.25, -0.2) is 4.79 Å². The van der Waals surface area contributed by atoms with Crippen molar-refractivity contribution in [1.29, 1.82) is 0 Å². The number of rotatable bonds is 3. The van der Waals surface area contributed by atoms with Gasteiger partial charge in [0.15, 0.2) is 0 Å². The van der Waals surface area contributed by atoms with Crippen molar-refractivity contribution in [3.05, 3.63) is 0 Å². The fourth-order valence-electron chi connectivity index (χ4n) is 0.224. The Bertz CT molecular complexity index is 75.0. The number of ether oxygens (including phenoxy) is 1. The number of aliphatic hydroxyl groups is 1. The third kappa shape index (κ3) is 11.5. The van der Waals surface area contributed by atoms with E-state index >= 15 is 0 Å². The molecule has 0 aliphatic carbocycles. The summed E-state index contributed by atoms with van der Waals surface area (Å²) in [5.74, 6) is 0. The summed E-state index contributed by atoms with van der Waals surface area (Å²) in [6.07, 6.45) is -0.926. The molecule has 0 saturated heterocycles. The highest BCUT2D eigenvalue weighted by Gasteiger charge is 1.92. The van der Waals surface area contributed by atoms with E-state index in [4.69, 9.17) is 10.2 Å². The molecule has 0 aliphatic heterocycles. The summed E-state index contributed by atoms with van der Waals surface area (Å²) in [5, 5.41) is 15.9. The van der Waals surface area contributed by atoms with Crippen LogP contribution in [0.1, 0.15) is 6.42 Å². The first-order valence-corrected chi connectivity index (χ1v) is 2.24. The van der Waals surface area contributed by atoms with Gasteiger partial charge in [-0.1, -0.05) is 0 Å². The van der Waals surface area contributed by atoms with E-state index in [2.05, 4.69) is 4.74 Å². The Morgan fingerprint density at radius 2 is 2.11 bits per heavy atom. The Hall–Kier alpha value is -0.00377. The van der Waals surface area contributed by atoms with Crippen molar-refractivity contribution in [2.45, 2.75) is 6.42 Å². The monoisotopic (exact) mass is 146 g/mol. The molecule has 0 aromatic rings. The molecular weight excluding hydrogens is 136 g/mol. The molecule has 2 N–H and O–H groups in total. The standard InChI is InChI=1S/C4H8O4.Mg.2H/c5-2-1-3-8-4(6)7;;;/h5H,1-3H2,(H,6,7);;;. The van der Waals surface area contributed by atoms with Crippen molar-refractivity contribution in [2.75, 3.05) is 13.2 Å². The average molecular weight is 146 g/mol. The van der Waals surface area contributed by atoms with E-state index in [1.54, 1.807) is 0 Å². The Morgan fingerprint density at radius 3 is 2.44 bits per heavy atom. The van der Waals surface area contributed by atoms with Crippen LogP contribution in [0, 0.1) is 0 Å². The molecule has 0 saturated carbocycles. The van der Waals surface area contributed by atoms with Crippen LogP contribution >= 0.6 is 0 Å². The summed E-state index contributed by atoms with van der Waals surface area (Å²) in [5.41, 5.74) is 0. The first kappa shape index (κ1) is 11.8. The minimum absolute atomic E-state index is 0. The Balaban J connectivity index is 0. The number of carboxylic acid groups (broad SMARTS) is 1. The van der Waals surface area contributed by atoms with E-state index in [1.807, 2.05) is 0 Å². The Labute approximate surface area is 69.0 Å². The van der Waals surface area contributed by atoms with E-state index in [-0.39, 0.29) is 36.3 Å². The summed E-state index contributed by atoms with van der Waals surface area (Å²) in [6.45, 7) is 0.0408. The molecule has 0 aromatic heterocycles. The van der Waals surface area contributed by atoms with Gasteiger partial charge < -0.3 is 14.9 Å². The first-order chi connectivity index (χ1) is 3.77. The predicted octanol–water partition coefficient (Wildman–Crippen LogP) is -0.853. The van der Waals surface area contributed by atoms with Crippen LogP contribution in [0.15, 0.2) is 0 Å². The van der Waals surface area contributed by atoms with Crippen molar-refractivity contribution in [3.63, 3.8) is 0 Å². The van der Waals surface area contributed by atoms with Crippen LogP contribution in [0.5, 0.6) is 0 Å². The van der Waals surface area contributed by atoms with Gasteiger partial charge >= 0.3 is 29.2 Å². The molecule has 0 aromatic carbocycles. The quantitative estimate of drug-likeness (QED) is 0.309. The molecule has 0 radical (unpaired) electrons. The zero-order valence-corrected chi connectivity index (χ0v) is 4.33. The highest BCUT2D eigenvalue weighted by atomic mass is 24.3. The average Bonchev–Trinajstić information content (AvgIpc) is 1.66. The van der Waals surface area contributed by atoms with Crippen molar-refractivity contribution < 1.29 is 19.7 Å². The summed E-state index contributed by atoms with van der Waals surface area (Å²) in [6, 6.07) is 0. The van der Waals surface area contributed by atoms with Crippen LogP contribution in [0.3, 0.4) is 0 Å². The van der Waals surface area contributed by atoms with E-state index in [9.17, 15) is 4.79 Å². The lowest BCUT2D eigenvalue weighted by molar-refractivity contribution is 0.0855. The van der Waals surface area contributed by atoms with Gasteiger partial charge in [0.25, 0.3) is 0 Å². The fraction of sp³-hybridized carbons (Fsp3) is 0.750. The van der Waals surface area contributed by atoms with E-state index in [1.165, 1.54) is 0 Å². The van der Waals surface area contributed by atoms with Crippen LogP contribution in [0.2, 0.25) is 0 Å². The largest absolute Gasteiger partial charge is 0.505 e. The maximum atomic E-state index is 9.57. The van der Waals surface area contributed by atoms with Gasteiger partial charge in [-0.3, -0.25) is 0 Å². The number of hydrogen-bond donors (Lipinski definition) is 2. The third-order valence-electron chi connectivity index (χ3n) is 0.528. The van der Waals surface area contributed by atoms with Gasteiger partial charge in [0.05, 0.1) is 6.61 Å². The molecule has 0 amide bonds. The third-order valence-corrected chi connectivity index (χ3v) is 0.528. The fourth-order valence-corrected chi connectivity index (χ4v) is 0.224. The molecule has 5 heteroatoms. The zero-order chi connectivity index (χ0) is 6.41. The minimum Gasteiger partial charge on any atom is -0.450 e. The van der Waals surface area contributed by atoms with Crippen molar-refractivity contribution in [1.82, 2.24) is 0 Å². The maximum absolute atomic E-state index is 9.57. The van der Waals surface area contributed by atoms with E-state index < -0.39 is 6.16 Å². The smallest absolute Gasteiger partial charge is 0.450 e. The van der Waals surface area contributed by atoms with Gasteiger partial charge in [-0.2, -0.15) is 0 Å². The molecule has 0 heterocycles. The normalized spacial score (nSPS) is 7.67. The lowest BCUT2D eigenvalue weighted by atomic mass is 10.5. The summed E-state index contributed by atoms with van der Waals surface area (Å²) in [7, 11) is 0. The molecule has 0 bridgehead atoms. The topological polar surface area (TPSA) is 66.8 Å². The van der Waals surface area contributed by atoms with Crippen LogP contribution in [-0.2, 0) is 4.74 Å². The van der Waals surface area contributed by atoms with Gasteiger partial charge in [-0.15, -0.1) is 0 Å². The minimum atomic E-state index is -1.29. The van der Waals surface area contributed by atoms with E-state index in [0.29, 0.717) is 6.42 Å². The van der Waals surface area contributed by atoms with Gasteiger partial charge in [0, 0.05) is 13.0 Å². The second-order valence-electron chi connectivity index (χ2n) is 1.19. The van der Waals surface area contributed by atoms with Gasteiger partial charge in [0.2, 0.25) is 0 Å². The number of carbonyl (C=O) groups is 1. The lowest BCUT2D eigenvalue weighted by Gasteiger charge is -1.94. The Kier molecular flexibility index (Phi) is 10.4. The molecule has 0 atom stereocenters. The highest BCUT2D eigenvalue weighted by molar-refractivity contribution is 5.75. The highest BCUT2D eigenvalue weighted by Crippen LogP contribution is 1.79. The SMILES string of the molecule is O=C(O)OCCCO.[MgH2]. The number of hydrogen-bond acceptors (Lipinski definition) is 3. The molecule has 0 fully saturated rings. The molecule has 4 nitrogen and oxygen atoms in total. The van der Waals surface area contributed by atoms with Gasteiger partial charge in [-0.05, 0) is 0 Å². The van der Waals surface area contributed by atoms with Crippen LogP contribution in [0.25, 0.3) is 0 Å². The van der Waals surface area contributed by atoms with Crippen molar-refractivity contribution >= 4 is 29.2 Å². The predicted molar refractivity (Wildman–Crippen MR) is 34.2 cm³/mol. The summed E-state index contributed by atoms with van der Waals surface area (Å²) >= 11 is 0. The van der Waals surface area contributed by atoms with Crippen LogP contribution in [0.4, 0.5) is 4.79 Å². The first-order valence-electron chi connectivity index (χ1n) is 2.24. The second-order valence-corrected chi connectivity index (χ2v) is 1.19. The van der Waals surface area contributed by atoms with Crippen molar-refractivity contribution in [2.24, 2.45) is 0 Å². The molecule has 0 aliphatic rings. The van der Waals surface area contributed by atoms with Crippen LogP contribution < -0.4 is 0 Å². The van der Waals surface area contributed by atoms with E-state index in [0.717, 1.165) is 0 Å². The second kappa shape index (κ2) is 8.00. The summed E-state index contributed by atoms with van der Waals surface area (Å²) < 4.78 is 4.04.